The van der Waals surface area contributed by atoms with Gasteiger partial charge in [0.25, 0.3) is 0 Å². The van der Waals surface area contributed by atoms with E-state index in [1.165, 1.54) is 0 Å². The van der Waals surface area contributed by atoms with Gasteiger partial charge in [0.1, 0.15) is 0 Å². The highest BCUT2D eigenvalue weighted by atomic mass is 32.2. The van der Waals surface area contributed by atoms with Gasteiger partial charge in [0.15, 0.2) is 0 Å². The number of nitrogens with zero attached hydrogens (tertiary/aromatic N) is 2. The molecule has 1 fully saturated rings. The van der Waals surface area contributed by atoms with E-state index in [9.17, 15) is 8.42 Å². The molecular weight excluding hydrogens is 286 g/mol. The molecule has 1 saturated heterocycles. The molecule has 21 heavy (non-hydrogen) atoms. The first-order valence-corrected chi connectivity index (χ1v) is 8.81. The van der Waals surface area contributed by atoms with E-state index in [0.717, 1.165) is 24.9 Å². The van der Waals surface area contributed by atoms with E-state index in [1.807, 2.05) is 0 Å². The van der Waals surface area contributed by atoms with Gasteiger partial charge in [-0.3, -0.25) is 0 Å². The SMILES string of the molecule is CN(C)CC1CCN(S(=O)(=O)c2ccc(CN)cc2)CC1. The van der Waals surface area contributed by atoms with Crippen LogP contribution in [0.25, 0.3) is 0 Å². The van der Waals surface area contributed by atoms with Gasteiger partial charge in [0, 0.05) is 26.2 Å². The first-order chi connectivity index (χ1) is 9.93. The van der Waals surface area contributed by atoms with Crippen LogP contribution < -0.4 is 5.73 Å². The van der Waals surface area contributed by atoms with Crippen molar-refractivity contribution in [3.63, 3.8) is 0 Å². The van der Waals surface area contributed by atoms with E-state index in [-0.39, 0.29) is 0 Å². The second kappa shape index (κ2) is 6.87. The van der Waals surface area contributed by atoms with Crippen molar-refractivity contribution in [1.82, 2.24) is 9.21 Å². The van der Waals surface area contributed by atoms with Crippen molar-refractivity contribution >= 4 is 10.0 Å². The Bertz CT molecular complexity index is 547. The zero-order valence-electron chi connectivity index (χ0n) is 12.8. The quantitative estimate of drug-likeness (QED) is 0.884. The number of benzene rings is 1. The fourth-order valence-corrected chi connectivity index (χ4v) is 4.26. The van der Waals surface area contributed by atoms with Crippen LogP contribution in [0.1, 0.15) is 18.4 Å². The van der Waals surface area contributed by atoms with Crippen molar-refractivity contribution in [1.29, 1.82) is 0 Å². The monoisotopic (exact) mass is 311 g/mol. The fraction of sp³-hybridized carbons (Fsp3) is 0.600. The molecule has 1 aliphatic rings. The van der Waals surface area contributed by atoms with Gasteiger partial charge in [0.05, 0.1) is 4.90 Å². The van der Waals surface area contributed by atoms with E-state index >= 15 is 0 Å². The molecule has 5 nitrogen and oxygen atoms in total. The minimum atomic E-state index is -3.36. The Morgan fingerprint density at radius 3 is 2.24 bits per heavy atom. The minimum absolute atomic E-state index is 0.366. The van der Waals surface area contributed by atoms with Crippen molar-refractivity contribution in [3.05, 3.63) is 29.8 Å². The Balaban J connectivity index is 2.03. The van der Waals surface area contributed by atoms with Crippen LogP contribution in [-0.2, 0) is 16.6 Å². The maximum absolute atomic E-state index is 12.6. The predicted molar refractivity (Wildman–Crippen MR) is 84.4 cm³/mol. The van der Waals surface area contributed by atoms with Crippen LogP contribution in [0.4, 0.5) is 0 Å². The molecule has 1 heterocycles. The van der Waals surface area contributed by atoms with Crippen LogP contribution in [-0.4, -0.2) is 51.4 Å². The van der Waals surface area contributed by atoms with Gasteiger partial charge in [0.2, 0.25) is 10.0 Å². The average Bonchev–Trinajstić information content (AvgIpc) is 2.47. The highest BCUT2D eigenvalue weighted by Gasteiger charge is 2.29. The van der Waals surface area contributed by atoms with Crippen molar-refractivity contribution in [3.8, 4) is 0 Å². The van der Waals surface area contributed by atoms with Crippen LogP contribution in [0, 0.1) is 5.92 Å². The molecule has 1 aliphatic heterocycles. The molecule has 0 aromatic heterocycles. The first kappa shape index (κ1) is 16.4. The zero-order chi connectivity index (χ0) is 15.5. The maximum Gasteiger partial charge on any atom is 0.243 e. The van der Waals surface area contributed by atoms with Crippen LogP contribution in [0.2, 0.25) is 0 Å². The lowest BCUT2D eigenvalue weighted by Gasteiger charge is -2.32. The number of nitrogens with two attached hydrogens (primary N) is 1. The summed E-state index contributed by atoms with van der Waals surface area (Å²) in [6.45, 7) is 2.67. The number of rotatable bonds is 5. The third-order valence-electron chi connectivity index (χ3n) is 3.99. The van der Waals surface area contributed by atoms with Gasteiger partial charge < -0.3 is 10.6 Å². The summed E-state index contributed by atoms with van der Waals surface area (Å²) >= 11 is 0. The van der Waals surface area contributed by atoms with Gasteiger partial charge in [-0.15, -0.1) is 0 Å². The van der Waals surface area contributed by atoms with E-state index in [4.69, 9.17) is 5.73 Å². The number of piperidine rings is 1. The molecule has 0 radical (unpaired) electrons. The lowest BCUT2D eigenvalue weighted by Crippen LogP contribution is -2.40. The molecule has 1 aromatic rings. The van der Waals surface area contributed by atoms with E-state index in [2.05, 4.69) is 19.0 Å². The van der Waals surface area contributed by atoms with Gasteiger partial charge in [-0.2, -0.15) is 4.31 Å². The molecule has 118 valence electrons. The topological polar surface area (TPSA) is 66.6 Å². The fourth-order valence-electron chi connectivity index (χ4n) is 2.80. The molecule has 0 unspecified atom stereocenters. The Hall–Kier alpha value is -0.950. The molecule has 0 atom stereocenters. The molecule has 0 spiro atoms. The Labute approximate surface area is 127 Å². The lowest BCUT2D eigenvalue weighted by atomic mass is 9.98. The minimum Gasteiger partial charge on any atom is -0.326 e. The summed E-state index contributed by atoms with van der Waals surface area (Å²) in [5, 5.41) is 0. The average molecular weight is 311 g/mol. The Morgan fingerprint density at radius 1 is 1.19 bits per heavy atom. The molecule has 0 amide bonds. The zero-order valence-corrected chi connectivity index (χ0v) is 13.6. The molecule has 6 heteroatoms. The molecule has 2 rings (SSSR count). The van der Waals surface area contributed by atoms with Crippen LogP contribution in [0.5, 0.6) is 0 Å². The summed E-state index contributed by atoms with van der Waals surface area (Å²) in [4.78, 5) is 2.53. The summed E-state index contributed by atoms with van der Waals surface area (Å²) in [7, 11) is 0.755. The smallest absolute Gasteiger partial charge is 0.243 e. The highest BCUT2D eigenvalue weighted by Crippen LogP contribution is 2.24. The molecule has 1 aromatic carbocycles. The van der Waals surface area contributed by atoms with Crippen LogP contribution in [0.3, 0.4) is 0 Å². The van der Waals surface area contributed by atoms with Crippen molar-refractivity contribution in [2.75, 3.05) is 33.7 Å². The van der Waals surface area contributed by atoms with Gasteiger partial charge in [-0.1, -0.05) is 12.1 Å². The van der Waals surface area contributed by atoms with Crippen molar-refractivity contribution < 1.29 is 8.42 Å². The molecule has 0 aliphatic carbocycles. The summed E-state index contributed by atoms with van der Waals surface area (Å²) in [5.74, 6) is 0.589. The van der Waals surface area contributed by atoms with Gasteiger partial charge >= 0.3 is 0 Å². The number of hydrogen-bond donors (Lipinski definition) is 1. The first-order valence-electron chi connectivity index (χ1n) is 7.37. The highest BCUT2D eigenvalue weighted by molar-refractivity contribution is 7.89. The summed E-state index contributed by atoms with van der Waals surface area (Å²) in [6.07, 6.45) is 1.86. The predicted octanol–water partition coefficient (Wildman–Crippen LogP) is 1.11. The third-order valence-corrected chi connectivity index (χ3v) is 5.91. The number of hydrogen-bond acceptors (Lipinski definition) is 4. The van der Waals surface area contributed by atoms with E-state index in [0.29, 0.717) is 30.4 Å². The van der Waals surface area contributed by atoms with E-state index < -0.39 is 10.0 Å². The standard InChI is InChI=1S/C15H25N3O2S/c1-17(2)12-14-7-9-18(10-8-14)21(19,20)15-5-3-13(11-16)4-6-15/h3-6,14H,7-12,16H2,1-2H3. The second-order valence-corrected chi connectivity index (χ2v) is 7.90. The summed E-state index contributed by atoms with van der Waals surface area (Å²) in [6, 6.07) is 6.88. The van der Waals surface area contributed by atoms with Crippen LogP contribution >= 0.6 is 0 Å². The summed E-state index contributed by atoms with van der Waals surface area (Å²) < 4.78 is 26.8. The molecule has 0 saturated carbocycles. The second-order valence-electron chi connectivity index (χ2n) is 5.96. The summed E-state index contributed by atoms with van der Waals surface area (Å²) in [5.41, 5.74) is 6.49. The number of sulfonamides is 1. The van der Waals surface area contributed by atoms with E-state index in [1.54, 1.807) is 28.6 Å². The normalized spacial score (nSPS) is 18.3. The maximum atomic E-state index is 12.6. The molecule has 2 N–H and O–H groups in total. The largest absolute Gasteiger partial charge is 0.326 e. The third kappa shape index (κ3) is 4.03. The van der Waals surface area contributed by atoms with Gasteiger partial charge in [-0.25, -0.2) is 8.42 Å². The van der Waals surface area contributed by atoms with Crippen molar-refractivity contribution in [2.45, 2.75) is 24.3 Å². The van der Waals surface area contributed by atoms with Crippen molar-refractivity contribution in [2.24, 2.45) is 11.7 Å². The Kier molecular flexibility index (Phi) is 5.37. The van der Waals surface area contributed by atoms with Crippen LogP contribution in [0.15, 0.2) is 29.2 Å². The molecular formula is C15H25N3O2S. The molecule has 0 bridgehead atoms. The van der Waals surface area contributed by atoms with Gasteiger partial charge in [-0.05, 0) is 50.6 Å². The lowest BCUT2D eigenvalue weighted by molar-refractivity contribution is 0.225. The Morgan fingerprint density at radius 2 is 1.76 bits per heavy atom.